The van der Waals surface area contributed by atoms with Crippen LogP contribution in [0.3, 0.4) is 0 Å². The quantitative estimate of drug-likeness (QED) is 0.461. The van der Waals surface area contributed by atoms with Gasteiger partial charge in [-0.2, -0.15) is 0 Å². The van der Waals surface area contributed by atoms with Crippen molar-refractivity contribution in [3.05, 3.63) is 55.2 Å². The predicted octanol–water partition coefficient (Wildman–Crippen LogP) is 4.27. The molecule has 6 nitrogen and oxygen atoms in total. The van der Waals surface area contributed by atoms with Crippen molar-refractivity contribution in [1.82, 2.24) is 4.90 Å². The maximum absolute atomic E-state index is 11.0. The summed E-state index contributed by atoms with van der Waals surface area (Å²) in [6.45, 7) is 2.62. The Morgan fingerprint density at radius 1 is 1.44 bits per heavy atom. The van der Waals surface area contributed by atoms with Crippen molar-refractivity contribution in [2.45, 2.75) is 18.9 Å². The van der Waals surface area contributed by atoms with Crippen LogP contribution in [-0.2, 0) is 0 Å². The molecule has 8 heteroatoms. The number of benzene rings is 1. The average Bonchev–Trinajstić information content (AvgIpc) is 3.27. The molecule has 1 fully saturated rings. The Kier molecular flexibility index (Phi) is 5.67. The van der Waals surface area contributed by atoms with Gasteiger partial charge in [0.15, 0.2) is 0 Å². The van der Waals surface area contributed by atoms with E-state index in [0.717, 1.165) is 19.2 Å². The van der Waals surface area contributed by atoms with Crippen molar-refractivity contribution in [1.29, 1.82) is 0 Å². The number of aromatic hydroxyl groups is 1. The van der Waals surface area contributed by atoms with Gasteiger partial charge in [-0.3, -0.25) is 20.0 Å². The number of rotatable bonds is 6. The normalized spacial score (nSPS) is 16.5. The second kappa shape index (κ2) is 7.95. The molecule has 0 bridgehead atoms. The van der Waals surface area contributed by atoms with E-state index in [1.54, 1.807) is 11.3 Å². The highest BCUT2D eigenvalue weighted by Gasteiger charge is 2.24. The first-order chi connectivity index (χ1) is 12.1. The molecule has 2 heterocycles. The van der Waals surface area contributed by atoms with Crippen molar-refractivity contribution in [2.75, 3.05) is 19.6 Å². The third-order valence-corrected chi connectivity index (χ3v) is 5.43. The van der Waals surface area contributed by atoms with Gasteiger partial charge in [0.25, 0.3) is 0 Å². The standard InChI is InChI=1S/C17H18ClN3O3S/c18-13-8-12(17(22)14(9-13)21(23)24)10-19-11-15(16-4-3-7-25-16)20-5-1-2-6-20/h3-4,7-10,15,22H,1-2,5-6,11H2/t15-/m0/s1. The van der Waals surface area contributed by atoms with Gasteiger partial charge in [0, 0.05) is 27.7 Å². The summed E-state index contributed by atoms with van der Waals surface area (Å²) in [6.07, 6.45) is 3.84. The summed E-state index contributed by atoms with van der Waals surface area (Å²) in [5.74, 6) is -0.410. The molecule has 1 aliphatic heterocycles. The number of nitrogens with zero attached hydrogens (tertiary/aromatic N) is 3. The van der Waals surface area contributed by atoms with Gasteiger partial charge in [-0.25, -0.2) is 0 Å². The zero-order chi connectivity index (χ0) is 17.8. The number of phenols is 1. The second-order valence-corrected chi connectivity index (χ2v) is 7.30. The van der Waals surface area contributed by atoms with Crippen molar-refractivity contribution in [3.8, 4) is 5.75 Å². The lowest BCUT2D eigenvalue weighted by atomic mass is 10.2. The van der Waals surface area contributed by atoms with E-state index in [-0.39, 0.29) is 16.6 Å². The van der Waals surface area contributed by atoms with E-state index < -0.39 is 16.4 Å². The van der Waals surface area contributed by atoms with Gasteiger partial charge in [-0.15, -0.1) is 11.3 Å². The van der Waals surface area contributed by atoms with Gasteiger partial charge in [-0.1, -0.05) is 17.7 Å². The van der Waals surface area contributed by atoms with Crippen LogP contribution in [0.2, 0.25) is 5.02 Å². The van der Waals surface area contributed by atoms with E-state index in [4.69, 9.17) is 11.6 Å². The average molecular weight is 380 g/mol. The molecule has 132 valence electrons. The van der Waals surface area contributed by atoms with E-state index in [9.17, 15) is 15.2 Å². The van der Waals surface area contributed by atoms with Crippen molar-refractivity contribution in [2.24, 2.45) is 4.99 Å². The van der Waals surface area contributed by atoms with E-state index >= 15 is 0 Å². The number of aliphatic imine (C=N–C) groups is 1. The van der Waals surface area contributed by atoms with Crippen LogP contribution in [0.5, 0.6) is 5.75 Å². The maximum atomic E-state index is 11.0. The minimum absolute atomic E-state index is 0.190. The van der Waals surface area contributed by atoms with Crippen molar-refractivity contribution < 1.29 is 10.0 Å². The van der Waals surface area contributed by atoms with Gasteiger partial charge >= 0.3 is 5.69 Å². The molecule has 1 N–H and O–H groups in total. The number of nitro groups is 1. The summed E-state index contributed by atoms with van der Waals surface area (Å²) in [4.78, 5) is 18.4. The van der Waals surface area contributed by atoms with Crippen LogP contribution in [0.25, 0.3) is 0 Å². The van der Waals surface area contributed by atoms with Crippen LogP contribution in [0.1, 0.15) is 29.3 Å². The largest absolute Gasteiger partial charge is 0.502 e. The van der Waals surface area contributed by atoms with Gasteiger partial charge in [0.05, 0.1) is 17.5 Å². The molecular weight excluding hydrogens is 362 g/mol. The van der Waals surface area contributed by atoms with E-state index in [1.165, 1.54) is 30.0 Å². The Hall–Kier alpha value is -1.96. The number of thiophene rings is 1. The molecule has 0 aliphatic carbocycles. The van der Waals surface area contributed by atoms with E-state index in [0.29, 0.717) is 6.54 Å². The highest BCUT2D eigenvalue weighted by Crippen LogP contribution is 2.33. The monoisotopic (exact) mass is 379 g/mol. The number of phenolic OH excluding ortho intramolecular Hbond substituents is 1. The van der Waals surface area contributed by atoms with Crippen molar-refractivity contribution in [3.63, 3.8) is 0 Å². The smallest absolute Gasteiger partial charge is 0.312 e. The Morgan fingerprint density at radius 2 is 2.20 bits per heavy atom. The zero-order valence-electron chi connectivity index (χ0n) is 13.5. The third-order valence-electron chi connectivity index (χ3n) is 4.24. The first-order valence-corrected chi connectivity index (χ1v) is 9.26. The van der Waals surface area contributed by atoms with E-state index in [2.05, 4.69) is 16.0 Å². The van der Waals surface area contributed by atoms with Gasteiger partial charge in [0.1, 0.15) is 0 Å². The van der Waals surface area contributed by atoms with Crippen molar-refractivity contribution >= 4 is 34.8 Å². The van der Waals surface area contributed by atoms with E-state index in [1.807, 2.05) is 11.4 Å². The number of hydrogen-bond acceptors (Lipinski definition) is 6. The lowest BCUT2D eigenvalue weighted by Gasteiger charge is -2.25. The van der Waals surface area contributed by atoms with Crippen LogP contribution < -0.4 is 0 Å². The molecule has 2 aromatic rings. The highest BCUT2D eigenvalue weighted by atomic mass is 35.5. The molecule has 0 unspecified atom stereocenters. The Balaban J connectivity index is 1.80. The second-order valence-electron chi connectivity index (χ2n) is 5.89. The van der Waals surface area contributed by atoms with Crippen LogP contribution in [0.15, 0.2) is 34.6 Å². The molecule has 0 amide bonds. The topological polar surface area (TPSA) is 79.0 Å². The number of halogens is 1. The fourth-order valence-electron chi connectivity index (χ4n) is 3.01. The van der Waals surface area contributed by atoms with Crippen LogP contribution in [0.4, 0.5) is 5.69 Å². The van der Waals surface area contributed by atoms with Crippen LogP contribution in [0, 0.1) is 10.1 Å². The molecule has 1 aliphatic rings. The zero-order valence-corrected chi connectivity index (χ0v) is 15.0. The summed E-state index contributed by atoms with van der Waals surface area (Å²) >= 11 is 7.61. The molecule has 0 spiro atoms. The Labute approximate surface area is 154 Å². The summed E-state index contributed by atoms with van der Waals surface area (Å²) in [5, 5.41) is 23.3. The first kappa shape index (κ1) is 17.8. The molecule has 1 aromatic heterocycles. The lowest BCUT2D eigenvalue weighted by molar-refractivity contribution is -0.385. The lowest BCUT2D eigenvalue weighted by Crippen LogP contribution is -2.27. The Bertz CT molecular complexity index is 774. The fraction of sp³-hybridized carbons (Fsp3) is 0.353. The fourth-order valence-corrected chi connectivity index (χ4v) is 4.09. The molecule has 25 heavy (non-hydrogen) atoms. The molecule has 1 aromatic carbocycles. The minimum Gasteiger partial charge on any atom is -0.502 e. The Morgan fingerprint density at radius 3 is 2.84 bits per heavy atom. The summed E-state index contributed by atoms with van der Waals surface area (Å²) in [6, 6.07) is 6.93. The molecular formula is C17H18ClN3O3S. The summed E-state index contributed by atoms with van der Waals surface area (Å²) in [5.41, 5.74) is -0.158. The molecule has 3 rings (SSSR count). The number of hydrogen-bond donors (Lipinski definition) is 1. The molecule has 0 radical (unpaired) electrons. The van der Waals surface area contributed by atoms with Gasteiger partial charge in [-0.05, 0) is 43.4 Å². The molecule has 1 saturated heterocycles. The summed E-state index contributed by atoms with van der Waals surface area (Å²) < 4.78 is 0. The number of likely N-dealkylation sites (tertiary alicyclic amines) is 1. The number of nitro benzene ring substituents is 1. The van der Waals surface area contributed by atoms with Crippen LogP contribution >= 0.6 is 22.9 Å². The van der Waals surface area contributed by atoms with Crippen LogP contribution in [-0.4, -0.2) is 40.8 Å². The summed E-state index contributed by atoms with van der Waals surface area (Å²) in [7, 11) is 0. The maximum Gasteiger partial charge on any atom is 0.312 e. The predicted molar refractivity (Wildman–Crippen MR) is 100 cm³/mol. The SMILES string of the molecule is O=[N+]([O-])c1cc(Cl)cc(C=NC[C@@H](c2cccs2)N2CCCC2)c1O. The minimum atomic E-state index is -0.656. The first-order valence-electron chi connectivity index (χ1n) is 8.00. The van der Waals surface area contributed by atoms with Gasteiger partial charge < -0.3 is 5.11 Å². The highest BCUT2D eigenvalue weighted by molar-refractivity contribution is 7.10. The third kappa shape index (κ3) is 4.18. The molecule has 0 saturated carbocycles. The molecule has 1 atom stereocenters. The van der Waals surface area contributed by atoms with Gasteiger partial charge in [0.2, 0.25) is 5.75 Å².